The first-order valence-electron chi connectivity index (χ1n) is 5.59. The average molecular weight is 228 g/mol. The molecule has 3 rings (SSSR count). The Morgan fingerprint density at radius 1 is 1.29 bits per heavy atom. The van der Waals surface area contributed by atoms with E-state index < -0.39 is 5.41 Å². The summed E-state index contributed by atoms with van der Waals surface area (Å²) in [5, 5.41) is 0. The van der Waals surface area contributed by atoms with Crippen LogP contribution in [0.2, 0.25) is 0 Å². The number of hydrogen-bond acceptors (Lipinski definition) is 3. The molecule has 0 amide bonds. The molecular formula is C14H12O3. The number of ketones is 1. The van der Waals surface area contributed by atoms with Crippen LogP contribution < -0.4 is 0 Å². The second kappa shape index (κ2) is 3.29. The van der Waals surface area contributed by atoms with Gasteiger partial charge in [0.25, 0.3) is 0 Å². The van der Waals surface area contributed by atoms with Crippen LogP contribution in [0.4, 0.5) is 0 Å². The van der Waals surface area contributed by atoms with Crippen LogP contribution in [0, 0.1) is 5.41 Å². The van der Waals surface area contributed by atoms with E-state index in [9.17, 15) is 9.59 Å². The lowest BCUT2D eigenvalue weighted by Gasteiger charge is -2.22. The van der Waals surface area contributed by atoms with E-state index in [1.165, 1.54) is 7.11 Å². The zero-order chi connectivity index (χ0) is 12.0. The van der Waals surface area contributed by atoms with Crippen molar-refractivity contribution < 1.29 is 14.3 Å². The molecule has 17 heavy (non-hydrogen) atoms. The Bertz CT molecular complexity index is 556. The van der Waals surface area contributed by atoms with Crippen molar-refractivity contribution in [3.8, 4) is 0 Å². The third kappa shape index (κ3) is 1.22. The normalized spacial score (nSPS) is 25.2. The largest absolute Gasteiger partial charge is 0.468 e. The smallest absolute Gasteiger partial charge is 0.317 e. The van der Waals surface area contributed by atoms with E-state index in [1.54, 1.807) is 6.08 Å². The maximum Gasteiger partial charge on any atom is 0.317 e. The third-order valence-electron chi connectivity index (χ3n) is 3.67. The Kier molecular flexibility index (Phi) is 1.99. The molecule has 0 bridgehead atoms. The minimum atomic E-state index is -0.754. The fraction of sp³-hybridized carbons (Fsp3) is 0.286. The Morgan fingerprint density at radius 2 is 2.06 bits per heavy atom. The number of esters is 1. The number of allylic oxidation sites excluding steroid dienone is 1. The summed E-state index contributed by atoms with van der Waals surface area (Å²) < 4.78 is 4.89. The van der Waals surface area contributed by atoms with E-state index in [4.69, 9.17) is 4.74 Å². The summed E-state index contributed by atoms with van der Waals surface area (Å²) in [6.07, 6.45) is 2.42. The monoisotopic (exact) mass is 228 g/mol. The SMILES string of the molecule is COC(=O)C12CC(=O)C=C1c1ccccc1C2. The minimum absolute atomic E-state index is 0.0138. The number of carbonyl (C=O) groups is 2. The molecule has 2 aliphatic rings. The fourth-order valence-corrected chi connectivity index (χ4v) is 2.95. The van der Waals surface area contributed by atoms with Gasteiger partial charge in [0.15, 0.2) is 5.78 Å². The Labute approximate surface area is 99.1 Å². The van der Waals surface area contributed by atoms with E-state index in [1.807, 2.05) is 24.3 Å². The first-order valence-corrected chi connectivity index (χ1v) is 5.59. The van der Waals surface area contributed by atoms with E-state index in [2.05, 4.69) is 0 Å². The molecule has 0 spiro atoms. The Balaban J connectivity index is 2.19. The van der Waals surface area contributed by atoms with E-state index in [0.717, 1.165) is 16.7 Å². The predicted molar refractivity (Wildman–Crippen MR) is 62.2 cm³/mol. The van der Waals surface area contributed by atoms with Crippen molar-refractivity contribution in [2.24, 2.45) is 5.41 Å². The molecule has 0 heterocycles. The highest BCUT2D eigenvalue weighted by Crippen LogP contribution is 2.53. The van der Waals surface area contributed by atoms with Gasteiger partial charge in [0.2, 0.25) is 0 Å². The second-order valence-electron chi connectivity index (χ2n) is 4.61. The highest BCUT2D eigenvalue weighted by molar-refractivity contribution is 6.13. The van der Waals surface area contributed by atoms with Gasteiger partial charge in [-0.1, -0.05) is 24.3 Å². The molecule has 86 valence electrons. The lowest BCUT2D eigenvalue weighted by molar-refractivity contribution is -0.149. The van der Waals surface area contributed by atoms with Crippen molar-refractivity contribution in [2.75, 3.05) is 7.11 Å². The number of rotatable bonds is 1. The predicted octanol–water partition coefficient (Wildman–Crippen LogP) is 1.76. The van der Waals surface area contributed by atoms with Crippen LogP contribution in [0.1, 0.15) is 17.5 Å². The molecule has 0 aliphatic heterocycles. The number of fused-ring (bicyclic) bond motifs is 3. The molecule has 0 saturated heterocycles. The molecule has 1 aromatic carbocycles. The highest BCUT2D eigenvalue weighted by Gasteiger charge is 2.53. The lowest BCUT2D eigenvalue weighted by Crippen LogP contribution is -2.31. The van der Waals surface area contributed by atoms with Gasteiger partial charge in [-0.3, -0.25) is 9.59 Å². The van der Waals surface area contributed by atoms with Gasteiger partial charge < -0.3 is 4.74 Å². The van der Waals surface area contributed by atoms with Crippen LogP contribution in [-0.2, 0) is 20.7 Å². The van der Waals surface area contributed by atoms with Crippen molar-refractivity contribution >= 4 is 17.3 Å². The van der Waals surface area contributed by atoms with E-state index in [0.29, 0.717) is 6.42 Å². The average Bonchev–Trinajstić information content (AvgIpc) is 2.80. The Hall–Kier alpha value is -1.90. The zero-order valence-electron chi connectivity index (χ0n) is 9.53. The van der Waals surface area contributed by atoms with Gasteiger partial charge in [-0.15, -0.1) is 0 Å². The van der Waals surface area contributed by atoms with Gasteiger partial charge in [-0.25, -0.2) is 0 Å². The third-order valence-corrected chi connectivity index (χ3v) is 3.67. The molecule has 0 fully saturated rings. The molecule has 2 aliphatic carbocycles. The maximum absolute atomic E-state index is 12.0. The maximum atomic E-state index is 12.0. The number of benzene rings is 1. The molecular weight excluding hydrogens is 216 g/mol. The summed E-state index contributed by atoms with van der Waals surface area (Å²) in [5.74, 6) is -0.286. The van der Waals surface area contributed by atoms with Crippen LogP contribution in [0.5, 0.6) is 0 Å². The van der Waals surface area contributed by atoms with Gasteiger partial charge in [-0.2, -0.15) is 0 Å². The van der Waals surface area contributed by atoms with Crippen LogP contribution in [0.25, 0.3) is 5.57 Å². The minimum Gasteiger partial charge on any atom is -0.468 e. The van der Waals surface area contributed by atoms with Crippen LogP contribution in [0.3, 0.4) is 0 Å². The van der Waals surface area contributed by atoms with E-state index in [-0.39, 0.29) is 18.2 Å². The highest BCUT2D eigenvalue weighted by atomic mass is 16.5. The summed E-state index contributed by atoms with van der Waals surface area (Å²) >= 11 is 0. The Morgan fingerprint density at radius 3 is 2.82 bits per heavy atom. The number of ether oxygens (including phenoxy) is 1. The molecule has 1 unspecified atom stereocenters. The van der Waals surface area contributed by atoms with Crippen LogP contribution >= 0.6 is 0 Å². The van der Waals surface area contributed by atoms with Crippen LogP contribution in [-0.4, -0.2) is 18.9 Å². The summed E-state index contributed by atoms with van der Waals surface area (Å²) in [6.45, 7) is 0. The molecule has 1 aromatic rings. The molecule has 0 aromatic heterocycles. The van der Waals surface area contributed by atoms with Gasteiger partial charge in [-0.05, 0) is 29.2 Å². The molecule has 0 saturated carbocycles. The number of methoxy groups -OCH3 is 1. The molecule has 0 radical (unpaired) electrons. The lowest BCUT2D eigenvalue weighted by atomic mass is 9.81. The van der Waals surface area contributed by atoms with Crippen molar-refractivity contribution in [2.45, 2.75) is 12.8 Å². The molecule has 3 nitrogen and oxygen atoms in total. The van der Waals surface area contributed by atoms with Gasteiger partial charge >= 0.3 is 5.97 Å². The summed E-state index contributed by atoms with van der Waals surface area (Å²) in [7, 11) is 1.38. The fourth-order valence-electron chi connectivity index (χ4n) is 2.95. The quantitative estimate of drug-likeness (QED) is 0.688. The molecule has 3 heteroatoms. The van der Waals surface area contributed by atoms with Crippen LogP contribution in [0.15, 0.2) is 30.3 Å². The van der Waals surface area contributed by atoms with Gasteiger partial charge in [0.05, 0.1) is 7.11 Å². The van der Waals surface area contributed by atoms with Crippen molar-refractivity contribution in [3.05, 3.63) is 41.5 Å². The van der Waals surface area contributed by atoms with Gasteiger partial charge in [0.1, 0.15) is 5.41 Å². The summed E-state index contributed by atoms with van der Waals surface area (Å²) in [5.41, 5.74) is 2.22. The molecule has 0 N–H and O–H groups in total. The van der Waals surface area contributed by atoms with Gasteiger partial charge in [0, 0.05) is 6.42 Å². The van der Waals surface area contributed by atoms with Crippen molar-refractivity contribution in [1.29, 1.82) is 0 Å². The topological polar surface area (TPSA) is 43.4 Å². The summed E-state index contributed by atoms with van der Waals surface area (Å²) in [6, 6.07) is 7.84. The summed E-state index contributed by atoms with van der Waals surface area (Å²) in [4.78, 5) is 23.6. The standard InChI is InChI=1S/C14H12O3/c1-17-13(16)14-7-9-4-2-3-5-11(9)12(14)6-10(15)8-14/h2-6H,7-8H2,1H3. The molecule has 1 atom stereocenters. The van der Waals surface area contributed by atoms with Crippen molar-refractivity contribution in [1.82, 2.24) is 0 Å². The first-order chi connectivity index (χ1) is 8.17. The number of carbonyl (C=O) groups excluding carboxylic acids is 2. The number of hydrogen-bond donors (Lipinski definition) is 0. The van der Waals surface area contributed by atoms with E-state index >= 15 is 0 Å². The zero-order valence-corrected chi connectivity index (χ0v) is 9.53. The second-order valence-corrected chi connectivity index (χ2v) is 4.61. The van der Waals surface area contributed by atoms with Crippen molar-refractivity contribution in [3.63, 3.8) is 0 Å². The first kappa shape index (κ1) is 10.3.